The topological polar surface area (TPSA) is 29.5 Å². The summed E-state index contributed by atoms with van der Waals surface area (Å²) >= 11 is 0. The summed E-state index contributed by atoms with van der Waals surface area (Å²) in [7, 11) is 2.09. The first-order valence-electron chi connectivity index (χ1n) is 5.84. The van der Waals surface area contributed by atoms with Gasteiger partial charge in [-0.25, -0.2) is 0 Å². The van der Waals surface area contributed by atoms with Gasteiger partial charge in [0, 0.05) is 19.7 Å². The molecule has 0 amide bonds. The lowest BCUT2D eigenvalue weighted by Crippen LogP contribution is -2.39. The van der Waals surface area contributed by atoms with Crippen molar-refractivity contribution in [3.63, 3.8) is 0 Å². The van der Waals surface area contributed by atoms with Crippen molar-refractivity contribution < 1.29 is 9.53 Å². The van der Waals surface area contributed by atoms with E-state index in [0.717, 1.165) is 32.4 Å². The number of hydrogen-bond donors (Lipinski definition) is 0. The van der Waals surface area contributed by atoms with Crippen LogP contribution >= 0.6 is 0 Å². The summed E-state index contributed by atoms with van der Waals surface area (Å²) in [6.07, 6.45) is 3.16. The zero-order chi connectivity index (χ0) is 11.3. The molecule has 1 rings (SSSR count). The van der Waals surface area contributed by atoms with E-state index in [1.54, 1.807) is 0 Å². The summed E-state index contributed by atoms with van der Waals surface area (Å²) in [5, 5.41) is 0. The minimum absolute atomic E-state index is 0.234. The van der Waals surface area contributed by atoms with E-state index >= 15 is 0 Å². The first-order chi connectivity index (χ1) is 7.12. The number of nitrogens with zero attached hydrogens (tertiary/aromatic N) is 1. The van der Waals surface area contributed by atoms with Gasteiger partial charge in [0.1, 0.15) is 6.29 Å². The molecule has 3 nitrogen and oxygen atoms in total. The van der Waals surface area contributed by atoms with Crippen molar-refractivity contribution in [3.8, 4) is 0 Å². The van der Waals surface area contributed by atoms with Crippen LogP contribution in [0, 0.1) is 11.3 Å². The number of carbonyl (C=O) groups is 1. The van der Waals surface area contributed by atoms with Crippen molar-refractivity contribution in [3.05, 3.63) is 0 Å². The Morgan fingerprint density at radius 2 is 2.33 bits per heavy atom. The van der Waals surface area contributed by atoms with E-state index in [4.69, 9.17) is 4.74 Å². The minimum Gasteiger partial charge on any atom is -0.380 e. The Morgan fingerprint density at radius 3 is 2.80 bits per heavy atom. The van der Waals surface area contributed by atoms with Gasteiger partial charge in [0.2, 0.25) is 0 Å². The van der Waals surface area contributed by atoms with Crippen molar-refractivity contribution in [2.75, 3.05) is 33.4 Å². The Balaban J connectivity index is 2.41. The highest BCUT2D eigenvalue weighted by atomic mass is 16.5. The molecule has 1 aliphatic heterocycles. The second kappa shape index (κ2) is 5.61. The van der Waals surface area contributed by atoms with E-state index in [1.807, 2.05) is 0 Å². The number of carbonyl (C=O) groups excluding carboxylic acids is 1. The van der Waals surface area contributed by atoms with Gasteiger partial charge >= 0.3 is 0 Å². The fourth-order valence-electron chi connectivity index (χ4n) is 2.14. The second-order valence-electron chi connectivity index (χ2n) is 4.99. The Morgan fingerprint density at radius 1 is 1.60 bits per heavy atom. The molecule has 1 saturated heterocycles. The van der Waals surface area contributed by atoms with Gasteiger partial charge in [-0.1, -0.05) is 20.3 Å². The normalized spacial score (nSPS) is 28.3. The van der Waals surface area contributed by atoms with E-state index in [1.165, 1.54) is 6.42 Å². The van der Waals surface area contributed by atoms with Crippen LogP contribution in [-0.2, 0) is 9.53 Å². The third-order valence-corrected chi connectivity index (χ3v) is 3.29. The van der Waals surface area contributed by atoms with E-state index in [0.29, 0.717) is 12.5 Å². The molecule has 0 aromatic rings. The third-order valence-electron chi connectivity index (χ3n) is 3.29. The molecule has 1 heterocycles. The molecule has 0 aromatic carbocycles. The van der Waals surface area contributed by atoms with Crippen LogP contribution in [0.1, 0.15) is 26.7 Å². The van der Waals surface area contributed by atoms with E-state index < -0.39 is 0 Å². The molecular weight excluding hydrogens is 190 g/mol. The zero-order valence-electron chi connectivity index (χ0n) is 10.2. The molecule has 0 aliphatic carbocycles. The van der Waals surface area contributed by atoms with Gasteiger partial charge < -0.3 is 14.4 Å². The Bertz CT molecular complexity index is 200. The zero-order valence-corrected chi connectivity index (χ0v) is 10.2. The van der Waals surface area contributed by atoms with Crippen LogP contribution in [0.15, 0.2) is 0 Å². The Hall–Kier alpha value is -0.410. The molecule has 2 atom stereocenters. The van der Waals surface area contributed by atoms with E-state index in [9.17, 15) is 4.79 Å². The maximum atomic E-state index is 11.1. The van der Waals surface area contributed by atoms with Gasteiger partial charge in [0.25, 0.3) is 0 Å². The van der Waals surface area contributed by atoms with Gasteiger partial charge in [0.05, 0.1) is 12.0 Å². The maximum Gasteiger partial charge on any atom is 0.129 e. The smallest absolute Gasteiger partial charge is 0.129 e. The predicted octanol–water partition coefficient (Wildman–Crippen LogP) is 1.57. The summed E-state index contributed by atoms with van der Waals surface area (Å²) in [4.78, 5) is 13.4. The molecule has 1 fully saturated rings. The molecule has 88 valence electrons. The van der Waals surface area contributed by atoms with Crippen molar-refractivity contribution in [1.29, 1.82) is 0 Å². The highest BCUT2D eigenvalue weighted by Crippen LogP contribution is 2.27. The summed E-state index contributed by atoms with van der Waals surface area (Å²) in [5.41, 5.74) is -0.234. The summed E-state index contributed by atoms with van der Waals surface area (Å²) in [5.74, 6) is 0.695. The molecule has 0 bridgehead atoms. The molecule has 1 aliphatic rings. The first-order valence-corrected chi connectivity index (χ1v) is 5.84. The molecule has 3 heteroatoms. The highest BCUT2D eigenvalue weighted by molar-refractivity contribution is 5.60. The molecule has 0 radical (unpaired) electrons. The molecule has 0 aromatic heterocycles. The van der Waals surface area contributed by atoms with Crippen LogP contribution < -0.4 is 0 Å². The van der Waals surface area contributed by atoms with Crippen LogP contribution in [0.25, 0.3) is 0 Å². The Kier molecular flexibility index (Phi) is 4.74. The van der Waals surface area contributed by atoms with Crippen LogP contribution in [0.2, 0.25) is 0 Å². The minimum atomic E-state index is -0.234. The lowest BCUT2D eigenvalue weighted by atomic mass is 9.88. The lowest BCUT2D eigenvalue weighted by molar-refractivity contribution is -0.117. The molecular formula is C12H23NO2. The fourth-order valence-corrected chi connectivity index (χ4v) is 2.14. The van der Waals surface area contributed by atoms with E-state index in [-0.39, 0.29) is 5.41 Å². The molecule has 0 saturated carbocycles. The van der Waals surface area contributed by atoms with Gasteiger partial charge in [-0.05, 0) is 19.4 Å². The second-order valence-corrected chi connectivity index (χ2v) is 4.99. The number of rotatable bonds is 6. The third kappa shape index (κ3) is 3.58. The lowest BCUT2D eigenvalue weighted by Gasteiger charge is -2.28. The van der Waals surface area contributed by atoms with E-state index in [2.05, 4.69) is 25.8 Å². The van der Waals surface area contributed by atoms with Crippen molar-refractivity contribution in [2.24, 2.45) is 11.3 Å². The molecule has 15 heavy (non-hydrogen) atoms. The van der Waals surface area contributed by atoms with Crippen molar-refractivity contribution in [1.82, 2.24) is 4.90 Å². The van der Waals surface area contributed by atoms with Gasteiger partial charge in [-0.2, -0.15) is 0 Å². The monoisotopic (exact) mass is 213 g/mol. The van der Waals surface area contributed by atoms with Gasteiger partial charge in [-0.15, -0.1) is 0 Å². The summed E-state index contributed by atoms with van der Waals surface area (Å²) in [6.45, 7) is 7.67. The summed E-state index contributed by atoms with van der Waals surface area (Å²) < 4.78 is 5.33. The Labute approximate surface area is 92.8 Å². The molecule has 0 spiro atoms. The number of aldehydes is 1. The van der Waals surface area contributed by atoms with Gasteiger partial charge in [-0.3, -0.25) is 0 Å². The quantitative estimate of drug-likeness (QED) is 0.627. The number of ether oxygens (including phenoxy) is 1. The van der Waals surface area contributed by atoms with Crippen LogP contribution in [0.3, 0.4) is 0 Å². The first kappa shape index (κ1) is 12.7. The number of hydrogen-bond acceptors (Lipinski definition) is 3. The van der Waals surface area contributed by atoms with Gasteiger partial charge in [0.15, 0.2) is 0 Å². The molecule has 0 N–H and O–H groups in total. The van der Waals surface area contributed by atoms with Crippen LogP contribution in [-0.4, -0.2) is 44.5 Å². The summed E-state index contributed by atoms with van der Waals surface area (Å²) in [6, 6.07) is 0. The van der Waals surface area contributed by atoms with Crippen LogP contribution in [0.4, 0.5) is 0 Å². The highest BCUT2D eigenvalue weighted by Gasteiger charge is 2.35. The fraction of sp³-hybridized carbons (Fsp3) is 0.917. The maximum absolute atomic E-state index is 11.1. The average Bonchev–Trinajstić information content (AvgIpc) is 2.66. The predicted molar refractivity (Wildman–Crippen MR) is 60.9 cm³/mol. The van der Waals surface area contributed by atoms with Crippen LogP contribution in [0.5, 0.6) is 0 Å². The average molecular weight is 213 g/mol. The molecule has 2 unspecified atom stereocenters. The van der Waals surface area contributed by atoms with Crippen molar-refractivity contribution >= 4 is 6.29 Å². The largest absolute Gasteiger partial charge is 0.380 e. The SMILES string of the molecule is CCC(C)CN(C)CC1(C=O)CCOC1. The standard InChI is InChI=1S/C12H23NO2/c1-4-11(2)7-13(3)8-12(9-14)5-6-15-10-12/h9,11H,4-8,10H2,1-3H3. The van der Waals surface area contributed by atoms with Crippen molar-refractivity contribution in [2.45, 2.75) is 26.7 Å².